The minimum atomic E-state index is -3.99. The Kier molecular flexibility index (Phi) is 13.2. The second kappa shape index (κ2) is 16.9. The van der Waals surface area contributed by atoms with Crippen molar-refractivity contribution in [1.82, 2.24) is 24.4 Å². The molecular formula is C36H51N5O6S2. The van der Waals surface area contributed by atoms with Gasteiger partial charge in [0.05, 0.1) is 41.4 Å². The second-order valence-electron chi connectivity index (χ2n) is 13.7. The summed E-state index contributed by atoms with van der Waals surface area (Å²) < 4.78 is 34.2. The van der Waals surface area contributed by atoms with E-state index in [1.807, 2.05) is 63.4 Å². The van der Waals surface area contributed by atoms with E-state index in [1.165, 1.54) is 23.5 Å². The molecule has 3 atom stereocenters. The van der Waals surface area contributed by atoms with Crippen LogP contribution in [0.5, 0.6) is 5.75 Å². The van der Waals surface area contributed by atoms with E-state index in [9.17, 15) is 23.1 Å². The lowest BCUT2D eigenvalue weighted by atomic mass is 9.97. The van der Waals surface area contributed by atoms with Crippen molar-refractivity contribution in [3.05, 3.63) is 76.2 Å². The largest absolute Gasteiger partial charge is 0.497 e. The molecule has 13 heteroatoms. The zero-order chi connectivity index (χ0) is 35.9. The number of nitrogens with zero attached hydrogens (tertiary/aromatic N) is 4. The second-order valence-corrected chi connectivity index (χ2v) is 16.5. The third kappa shape index (κ3) is 9.80. The molecule has 3 aromatic rings. The highest BCUT2D eigenvalue weighted by Gasteiger charge is 2.40. The highest BCUT2D eigenvalue weighted by Crippen LogP contribution is 2.25. The Balaban J connectivity index is 1.55. The van der Waals surface area contributed by atoms with Crippen LogP contribution in [0.1, 0.15) is 63.7 Å². The summed E-state index contributed by atoms with van der Waals surface area (Å²) in [4.78, 5) is 35.9. The first kappa shape index (κ1) is 38.3. The molecule has 1 aromatic heterocycles. The van der Waals surface area contributed by atoms with Crippen molar-refractivity contribution in [2.45, 2.75) is 83.5 Å². The van der Waals surface area contributed by atoms with Crippen molar-refractivity contribution in [3.63, 3.8) is 0 Å². The molecule has 2 N–H and O–H groups in total. The lowest BCUT2D eigenvalue weighted by Gasteiger charge is -2.34. The molecule has 1 fully saturated rings. The van der Waals surface area contributed by atoms with Crippen molar-refractivity contribution in [3.8, 4) is 5.75 Å². The maximum absolute atomic E-state index is 14.1. The number of aliphatic hydroxyl groups is 1. The number of hydrogen-bond donors (Lipinski definition) is 2. The first-order chi connectivity index (χ1) is 23.2. The average Bonchev–Trinajstić information content (AvgIpc) is 3.67. The summed E-state index contributed by atoms with van der Waals surface area (Å²) in [6.07, 6.45) is -0.993. The van der Waals surface area contributed by atoms with Gasteiger partial charge in [-0.2, -0.15) is 4.31 Å². The predicted molar refractivity (Wildman–Crippen MR) is 192 cm³/mol. The van der Waals surface area contributed by atoms with E-state index in [4.69, 9.17) is 4.74 Å². The van der Waals surface area contributed by atoms with Gasteiger partial charge < -0.3 is 25.0 Å². The lowest BCUT2D eigenvalue weighted by Crippen LogP contribution is -2.57. The smallest absolute Gasteiger partial charge is 0.321 e. The van der Waals surface area contributed by atoms with E-state index in [0.717, 1.165) is 16.3 Å². The number of ether oxygens (including phenoxy) is 1. The van der Waals surface area contributed by atoms with E-state index >= 15 is 0 Å². The Bertz CT molecular complexity index is 1630. The van der Waals surface area contributed by atoms with Crippen molar-refractivity contribution in [1.29, 1.82) is 0 Å². The van der Waals surface area contributed by atoms with Crippen molar-refractivity contribution >= 4 is 33.3 Å². The van der Waals surface area contributed by atoms with Crippen LogP contribution in [0.4, 0.5) is 4.79 Å². The number of nitrogens with one attached hydrogen (secondary N) is 1. The van der Waals surface area contributed by atoms with E-state index in [1.54, 1.807) is 33.3 Å². The fraction of sp³-hybridized carbons (Fsp3) is 0.528. The molecule has 4 rings (SSSR count). The Morgan fingerprint density at radius 2 is 1.69 bits per heavy atom. The number of hydrogen-bond acceptors (Lipinski definition) is 8. The van der Waals surface area contributed by atoms with Crippen LogP contribution in [-0.4, -0.2) is 96.0 Å². The van der Waals surface area contributed by atoms with Gasteiger partial charge in [0, 0.05) is 37.5 Å². The minimum Gasteiger partial charge on any atom is -0.497 e. The van der Waals surface area contributed by atoms with Crippen LogP contribution >= 0.6 is 11.3 Å². The zero-order valence-electron chi connectivity index (χ0n) is 29.6. The number of rotatable bonds is 17. The minimum absolute atomic E-state index is 0.0296. The van der Waals surface area contributed by atoms with Gasteiger partial charge in [0.1, 0.15) is 11.8 Å². The number of amides is 3. The Labute approximate surface area is 295 Å². The molecule has 0 bridgehead atoms. The van der Waals surface area contributed by atoms with Crippen LogP contribution in [-0.2, 0) is 27.8 Å². The van der Waals surface area contributed by atoms with Gasteiger partial charge in [-0.1, -0.05) is 71.9 Å². The third-order valence-corrected chi connectivity index (χ3v) is 11.6. The maximum atomic E-state index is 14.1. The summed E-state index contributed by atoms with van der Waals surface area (Å²) in [5.41, 5.74) is 1.70. The van der Waals surface area contributed by atoms with E-state index < -0.39 is 34.1 Å². The fourth-order valence-electron chi connectivity index (χ4n) is 6.00. The van der Waals surface area contributed by atoms with Gasteiger partial charge in [-0.15, -0.1) is 11.3 Å². The Hall–Kier alpha value is -3.52. The number of methoxy groups -OCH3 is 1. The molecule has 49 heavy (non-hydrogen) atoms. The molecule has 268 valence electrons. The predicted octanol–water partition coefficient (Wildman–Crippen LogP) is 4.97. The van der Waals surface area contributed by atoms with Crippen LogP contribution in [0.3, 0.4) is 0 Å². The molecule has 1 aliphatic rings. The summed E-state index contributed by atoms with van der Waals surface area (Å²) in [5.74, 6) is 0.186. The van der Waals surface area contributed by atoms with Crippen LogP contribution in [0.25, 0.3) is 0 Å². The monoisotopic (exact) mass is 713 g/mol. The number of carbonyl (C=O) groups is 2. The van der Waals surface area contributed by atoms with Crippen molar-refractivity contribution in [2.75, 3.05) is 33.3 Å². The standard InChI is InChI=1S/C36H51N5O6S2/c1-24(2)20-40(49(45,46)30-15-13-29(47-7)14-16-30)22-32(42)31(19-27-11-9-8-10-12-27)38-34(43)33(25(3)4)41-18-17-39(36(41)44)21-28-23-48-35(37-28)26(5)6/h8-16,23-26,31-33,42H,17-22H2,1-7H3,(H,38,43)/t31-,32-,33-/m0/s1. The Morgan fingerprint density at radius 1 is 1.02 bits per heavy atom. The summed E-state index contributed by atoms with van der Waals surface area (Å²) in [6, 6.07) is 13.7. The van der Waals surface area contributed by atoms with Gasteiger partial charge in [-0.3, -0.25) is 4.79 Å². The number of urea groups is 1. The number of aromatic nitrogens is 1. The van der Waals surface area contributed by atoms with Crippen LogP contribution in [0, 0.1) is 11.8 Å². The number of thiazole rings is 1. The van der Waals surface area contributed by atoms with Crippen LogP contribution in [0.15, 0.2) is 64.9 Å². The summed E-state index contributed by atoms with van der Waals surface area (Å²) in [5, 5.41) is 17.8. The molecule has 1 saturated heterocycles. The van der Waals surface area contributed by atoms with Crippen molar-refractivity contribution in [2.24, 2.45) is 11.8 Å². The molecule has 3 amide bonds. The van der Waals surface area contributed by atoms with Gasteiger partial charge in [-0.05, 0) is 48.1 Å². The highest BCUT2D eigenvalue weighted by atomic mass is 32.2. The highest BCUT2D eigenvalue weighted by molar-refractivity contribution is 7.89. The van der Waals surface area contributed by atoms with Crippen molar-refractivity contribution < 1.29 is 27.9 Å². The van der Waals surface area contributed by atoms with E-state index in [-0.39, 0.29) is 42.3 Å². The van der Waals surface area contributed by atoms with Gasteiger partial charge >= 0.3 is 6.03 Å². The first-order valence-electron chi connectivity index (χ1n) is 16.9. The molecule has 0 radical (unpaired) electrons. The first-order valence-corrected chi connectivity index (χ1v) is 19.2. The summed E-state index contributed by atoms with van der Waals surface area (Å²) >= 11 is 1.58. The lowest BCUT2D eigenvalue weighted by molar-refractivity contribution is -0.128. The molecule has 2 aromatic carbocycles. The summed E-state index contributed by atoms with van der Waals surface area (Å²) in [6.45, 7) is 12.9. The number of carbonyl (C=O) groups excluding carboxylic acids is 2. The summed E-state index contributed by atoms with van der Waals surface area (Å²) in [7, 11) is -2.48. The van der Waals surface area contributed by atoms with Crippen LogP contribution in [0.2, 0.25) is 0 Å². The molecule has 11 nitrogen and oxygen atoms in total. The number of sulfonamides is 1. The van der Waals surface area contributed by atoms with E-state index in [0.29, 0.717) is 31.3 Å². The molecule has 0 aliphatic carbocycles. The molecule has 0 spiro atoms. The van der Waals surface area contributed by atoms with Gasteiger partial charge in [0.2, 0.25) is 15.9 Å². The number of benzene rings is 2. The Morgan fingerprint density at radius 3 is 2.27 bits per heavy atom. The molecule has 0 saturated carbocycles. The zero-order valence-corrected chi connectivity index (χ0v) is 31.2. The molecule has 0 unspecified atom stereocenters. The molecule has 2 heterocycles. The van der Waals surface area contributed by atoms with Gasteiger partial charge in [0.15, 0.2) is 0 Å². The SMILES string of the molecule is COc1ccc(S(=O)(=O)N(CC(C)C)C[C@H](O)[C@H](Cc2ccccc2)NC(=O)[C@H](C(C)C)N2CCN(Cc3csc(C(C)C)n3)C2=O)cc1. The number of aliphatic hydroxyl groups excluding tert-OH is 1. The third-order valence-electron chi connectivity index (χ3n) is 8.53. The average molecular weight is 714 g/mol. The topological polar surface area (TPSA) is 132 Å². The van der Waals surface area contributed by atoms with Gasteiger partial charge in [-0.25, -0.2) is 18.2 Å². The van der Waals surface area contributed by atoms with Gasteiger partial charge in [0.25, 0.3) is 0 Å². The molecule has 1 aliphatic heterocycles. The quantitative estimate of drug-likeness (QED) is 0.202. The van der Waals surface area contributed by atoms with Crippen LogP contribution < -0.4 is 10.1 Å². The fourth-order valence-corrected chi connectivity index (χ4v) is 8.44. The van der Waals surface area contributed by atoms with E-state index in [2.05, 4.69) is 24.1 Å². The maximum Gasteiger partial charge on any atom is 0.321 e. The molecular weight excluding hydrogens is 663 g/mol. The normalized spacial score (nSPS) is 15.8.